The highest BCUT2D eigenvalue weighted by molar-refractivity contribution is 9.10. The Bertz CT molecular complexity index is 887. The number of nitrogens with zero attached hydrogens (tertiary/aromatic N) is 1. The van der Waals surface area contributed by atoms with Crippen molar-refractivity contribution in [2.45, 2.75) is 26.3 Å². The van der Waals surface area contributed by atoms with Gasteiger partial charge >= 0.3 is 0 Å². The lowest BCUT2D eigenvalue weighted by Gasteiger charge is -2.18. The van der Waals surface area contributed by atoms with Gasteiger partial charge in [0.2, 0.25) is 11.8 Å². The fourth-order valence-corrected chi connectivity index (χ4v) is 3.77. The second kappa shape index (κ2) is 9.78. The molecule has 3 rings (SSSR count). The van der Waals surface area contributed by atoms with Gasteiger partial charge in [-0.3, -0.25) is 9.59 Å². The number of hydrogen-bond donors (Lipinski definition) is 1. The zero-order valence-electron chi connectivity index (χ0n) is 16.6. The molecule has 2 aromatic carbocycles. The number of anilines is 1. The van der Waals surface area contributed by atoms with Crippen LogP contribution in [-0.2, 0) is 16.1 Å². The Labute approximate surface area is 179 Å². The molecule has 154 valence electrons. The Kier molecular flexibility index (Phi) is 7.14. The summed E-state index contributed by atoms with van der Waals surface area (Å²) in [5.41, 5.74) is 1.70. The van der Waals surface area contributed by atoms with Gasteiger partial charge in [0.05, 0.1) is 25.3 Å². The highest BCUT2D eigenvalue weighted by Crippen LogP contribution is 2.31. The highest BCUT2D eigenvalue weighted by atomic mass is 79.9. The van der Waals surface area contributed by atoms with Crippen LogP contribution >= 0.6 is 15.9 Å². The molecule has 2 aromatic rings. The summed E-state index contributed by atoms with van der Waals surface area (Å²) in [5.74, 6) is 0.786. The third-order valence-corrected chi connectivity index (χ3v) is 5.47. The lowest BCUT2D eigenvalue weighted by atomic mass is 10.1. The molecule has 1 unspecified atom stereocenters. The number of halogens is 1. The summed E-state index contributed by atoms with van der Waals surface area (Å²) in [6.45, 7) is 3.40. The molecule has 1 N–H and O–H groups in total. The first-order valence-corrected chi connectivity index (χ1v) is 10.4. The van der Waals surface area contributed by atoms with E-state index in [4.69, 9.17) is 9.47 Å². The van der Waals surface area contributed by atoms with E-state index in [1.807, 2.05) is 49.4 Å². The summed E-state index contributed by atoms with van der Waals surface area (Å²) < 4.78 is 11.9. The molecular formula is C22H25BrN2O4. The van der Waals surface area contributed by atoms with Gasteiger partial charge in [-0.05, 0) is 52.2 Å². The normalized spacial score (nSPS) is 16.0. The number of carbonyl (C=O) groups excluding carboxylic acids is 2. The molecule has 29 heavy (non-hydrogen) atoms. The minimum Gasteiger partial charge on any atom is -0.493 e. The SMILES string of the molecule is CCCOc1ccc(CNC(=O)C2CC(=O)N(c3ccccc3Br)C2)cc1OC. The largest absolute Gasteiger partial charge is 0.493 e. The van der Waals surface area contributed by atoms with E-state index in [1.165, 1.54) is 0 Å². The molecule has 2 amide bonds. The third-order valence-electron chi connectivity index (χ3n) is 4.80. The Hall–Kier alpha value is -2.54. The molecule has 0 aromatic heterocycles. The zero-order chi connectivity index (χ0) is 20.8. The van der Waals surface area contributed by atoms with Crippen LogP contribution in [-0.4, -0.2) is 32.1 Å². The van der Waals surface area contributed by atoms with E-state index in [-0.39, 0.29) is 24.2 Å². The minimum atomic E-state index is -0.372. The van der Waals surface area contributed by atoms with Gasteiger partial charge < -0.3 is 19.7 Å². The molecule has 0 aliphatic carbocycles. The lowest BCUT2D eigenvalue weighted by Crippen LogP contribution is -2.32. The van der Waals surface area contributed by atoms with Crippen LogP contribution in [0.5, 0.6) is 11.5 Å². The van der Waals surface area contributed by atoms with Crippen molar-refractivity contribution in [2.75, 3.05) is 25.2 Å². The fourth-order valence-electron chi connectivity index (χ4n) is 3.27. The summed E-state index contributed by atoms with van der Waals surface area (Å²) in [6.07, 6.45) is 1.12. The topological polar surface area (TPSA) is 67.9 Å². The summed E-state index contributed by atoms with van der Waals surface area (Å²) in [5, 5.41) is 2.94. The van der Waals surface area contributed by atoms with Crippen molar-refractivity contribution < 1.29 is 19.1 Å². The molecule has 6 nitrogen and oxygen atoms in total. The summed E-state index contributed by atoms with van der Waals surface area (Å²) in [4.78, 5) is 26.7. The Morgan fingerprint density at radius 1 is 1.24 bits per heavy atom. The minimum absolute atomic E-state index is 0.0452. The first kappa shape index (κ1) is 21.2. The van der Waals surface area contributed by atoms with E-state index < -0.39 is 0 Å². The van der Waals surface area contributed by atoms with Crippen molar-refractivity contribution in [1.82, 2.24) is 5.32 Å². The number of ether oxygens (including phenoxy) is 2. The molecule has 1 fully saturated rings. The van der Waals surface area contributed by atoms with Crippen LogP contribution in [0.2, 0.25) is 0 Å². The second-order valence-corrected chi connectivity index (χ2v) is 7.76. The Morgan fingerprint density at radius 2 is 2.03 bits per heavy atom. The quantitative estimate of drug-likeness (QED) is 0.648. The van der Waals surface area contributed by atoms with Crippen molar-refractivity contribution in [3.05, 3.63) is 52.5 Å². The number of para-hydroxylation sites is 1. The van der Waals surface area contributed by atoms with Gasteiger partial charge in [0.25, 0.3) is 0 Å². The fraction of sp³-hybridized carbons (Fsp3) is 0.364. The smallest absolute Gasteiger partial charge is 0.227 e. The molecule has 1 heterocycles. The van der Waals surface area contributed by atoms with Crippen LogP contribution in [0.3, 0.4) is 0 Å². The van der Waals surface area contributed by atoms with Gasteiger partial charge in [0, 0.05) is 24.0 Å². The van der Waals surface area contributed by atoms with Crippen molar-refractivity contribution in [1.29, 1.82) is 0 Å². The Morgan fingerprint density at radius 3 is 2.76 bits per heavy atom. The van der Waals surface area contributed by atoms with E-state index in [9.17, 15) is 9.59 Å². The maximum Gasteiger partial charge on any atom is 0.227 e. The maximum absolute atomic E-state index is 12.6. The van der Waals surface area contributed by atoms with E-state index in [0.717, 1.165) is 22.1 Å². The van der Waals surface area contributed by atoms with Crippen molar-refractivity contribution in [3.8, 4) is 11.5 Å². The van der Waals surface area contributed by atoms with Gasteiger partial charge in [-0.25, -0.2) is 0 Å². The number of hydrogen-bond acceptors (Lipinski definition) is 4. The standard InChI is InChI=1S/C22H25BrN2O4/c1-3-10-29-19-9-8-15(11-20(19)28-2)13-24-22(27)16-12-21(26)25(14-16)18-7-5-4-6-17(18)23/h4-9,11,16H,3,10,12-14H2,1-2H3,(H,24,27). The predicted molar refractivity (Wildman–Crippen MR) is 115 cm³/mol. The predicted octanol–water partition coefficient (Wildman–Crippen LogP) is 3.92. The van der Waals surface area contributed by atoms with Crippen LogP contribution in [0.15, 0.2) is 46.9 Å². The molecule has 7 heteroatoms. The molecular weight excluding hydrogens is 436 g/mol. The van der Waals surface area contributed by atoms with Gasteiger partial charge in [0.1, 0.15) is 0 Å². The number of rotatable bonds is 8. The average Bonchev–Trinajstić information content (AvgIpc) is 3.12. The van der Waals surface area contributed by atoms with Crippen molar-refractivity contribution in [3.63, 3.8) is 0 Å². The molecule has 1 saturated heterocycles. The van der Waals surface area contributed by atoms with Gasteiger partial charge in [-0.1, -0.05) is 25.1 Å². The molecule has 0 radical (unpaired) electrons. The molecule has 0 spiro atoms. The van der Waals surface area contributed by atoms with Crippen LogP contribution < -0.4 is 19.7 Å². The zero-order valence-corrected chi connectivity index (χ0v) is 18.2. The van der Waals surface area contributed by atoms with Gasteiger partial charge in [-0.15, -0.1) is 0 Å². The monoisotopic (exact) mass is 460 g/mol. The molecule has 1 aliphatic heterocycles. The van der Waals surface area contributed by atoms with E-state index in [1.54, 1.807) is 12.0 Å². The molecule has 1 atom stereocenters. The first-order chi connectivity index (χ1) is 14.0. The molecule has 1 aliphatic rings. The van der Waals surface area contributed by atoms with Crippen LogP contribution in [0.4, 0.5) is 5.69 Å². The summed E-state index contributed by atoms with van der Waals surface area (Å²) in [7, 11) is 1.59. The van der Waals surface area contributed by atoms with Crippen molar-refractivity contribution >= 4 is 33.4 Å². The van der Waals surface area contributed by atoms with E-state index in [2.05, 4.69) is 21.2 Å². The van der Waals surface area contributed by atoms with Crippen LogP contribution in [0.1, 0.15) is 25.3 Å². The molecule has 0 saturated carbocycles. The van der Waals surface area contributed by atoms with Crippen LogP contribution in [0, 0.1) is 5.92 Å². The molecule has 0 bridgehead atoms. The summed E-state index contributed by atoms with van der Waals surface area (Å²) >= 11 is 3.47. The van der Waals surface area contributed by atoms with Crippen molar-refractivity contribution in [2.24, 2.45) is 5.92 Å². The number of carbonyl (C=O) groups is 2. The third kappa shape index (κ3) is 5.09. The van der Waals surface area contributed by atoms with E-state index in [0.29, 0.717) is 31.2 Å². The number of methoxy groups -OCH3 is 1. The average molecular weight is 461 g/mol. The van der Waals surface area contributed by atoms with Gasteiger partial charge in [-0.2, -0.15) is 0 Å². The summed E-state index contributed by atoms with van der Waals surface area (Å²) in [6, 6.07) is 13.1. The highest BCUT2D eigenvalue weighted by Gasteiger charge is 2.35. The van der Waals surface area contributed by atoms with E-state index >= 15 is 0 Å². The lowest BCUT2D eigenvalue weighted by molar-refractivity contribution is -0.126. The second-order valence-electron chi connectivity index (χ2n) is 6.91. The number of benzene rings is 2. The number of nitrogens with one attached hydrogen (secondary N) is 1. The first-order valence-electron chi connectivity index (χ1n) is 9.65. The Balaban J connectivity index is 1.60. The van der Waals surface area contributed by atoms with Gasteiger partial charge in [0.15, 0.2) is 11.5 Å². The van der Waals surface area contributed by atoms with Crippen LogP contribution in [0.25, 0.3) is 0 Å². The number of amides is 2. The maximum atomic E-state index is 12.6.